The summed E-state index contributed by atoms with van der Waals surface area (Å²) in [6, 6.07) is 0.491. The summed E-state index contributed by atoms with van der Waals surface area (Å²) in [5.41, 5.74) is 0. The quantitative estimate of drug-likeness (QED) is 0.630. The Labute approximate surface area is 118 Å². The van der Waals surface area contributed by atoms with Crippen LogP contribution < -0.4 is 0 Å². The molecule has 0 bridgehead atoms. The van der Waals surface area contributed by atoms with E-state index in [1.807, 2.05) is 0 Å². The summed E-state index contributed by atoms with van der Waals surface area (Å²) in [4.78, 5) is 14.6. The van der Waals surface area contributed by atoms with Crippen molar-refractivity contribution in [1.82, 2.24) is 4.90 Å². The van der Waals surface area contributed by atoms with E-state index in [0.29, 0.717) is 24.3 Å². The van der Waals surface area contributed by atoms with Crippen molar-refractivity contribution in [1.29, 1.82) is 0 Å². The predicted octanol–water partition coefficient (Wildman–Crippen LogP) is 3.62. The first-order valence-corrected chi connectivity index (χ1v) is 7.93. The van der Waals surface area contributed by atoms with Crippen molar-refractivity contribution in [2.24, 2.45) is 5.92 Å². The monoisotopic (exact) mass is 269 g/mol. The number of nitrogens with zero attached hydrogens (tertiary/aromatic N) is 1. The standard InChI is InChI=1S/C16H31NO2/c1-14(2)10-11-16(18)17(12-7-13-19-3)15-8-5-4-6-9-15/h14-15H,4-13H2,1-3H3. The van der Waals surface area contributed by atoms with Crippen molar-refractivity contribution in [2.45, 2.75) is 71.3 Å². The summed E-state index contributed by atoms with van der Waals surface area (Å²) in [5.74, 6) is 0.966. The maximum atomic E-state index is 12.4. The fourth-order valence-electron chi connectivity index (χ4n) is 2.84. The van der Waals surface area contributed by atoms with Crippen LogP contribution in [0.2, 0.25) is 0 Å². The summed E-state index contributed by atoms with van der Waals surface area (Å²) in [5, 5.41) is 0. The molecule has 112 valence electrons. The Morgan fingerprint density at radius 2 is 1.95 bits per heavy atom. The van der Waals surface area contributed by atoms with Crippen LogP contribution in [0, 0.1) is 5.92 Å². The zero-order chi connectivity index (χ0) is 14.1. The van der Waals surface area contributed by atoms with E-state index in [1.54, 1.807) is 7.11 Å². The third kappa shape index (κ3) is 6.42. The average Bonchev–Trinajstić information content (AvgIpc) is 2.42. The Bertz CT molecular complexity index is 247. The lowest BCUT2D eigenvalue weighted by molar-refractivity contribution is -0.134. The molecular weight excluding hydrogens is 238 g/mol. The lowest BCUT2D eigenvalue weighted by Gasteiger charge is -2.34. The van der Waals surface area contributed by atoms with E-state index in [2.05, 4.69) is 18.7 Å². The molecule has 0 heterocycles. The Morgan fingerprint density at radius 1 is 1.26 bits per heavy atom. The van der Waals surface area contributed by atoms with Crippen molar-refractivity contribution in [3.05, 3.63) is 0 Å². The van der Waals surface area contributed by atoms with Crippen LogP contribution in [-0.2, 0) is 9.53 Å². The maximum Gasteiger partial charge on any atom is 0.222 e. The fraction of sp³-hybridized carbons (Fsp3) is 0.938. The number of rotatable bonds is 8. The molecule has 0 aromatic heterocycles. The number of amides is 1. The lowest BCUT2D eigenvalue weighted by atomic mass is 9.93. The minimum atomic E-state index is 0.358. The topological polar surface area (TPSA) is 29.5 Å². The van der Waals surface area contributed by atoms with Gasteiger partial charge in [0.05, 0.1) is 0 Å². The van der Waals surface area contributed by atoms with Crippen molar-refractivity contribution in [2.75, 3.05) is 20.3 Å². The Balaban J connectivity index is 2.48. The molecule has 1 fully saturated rings. The number of ether oxygens (including phenoxy) is 1. The summed E-state index contributed by atoms with van der Waals surface area (Å²) >= 11 is 0. The highest BCUT2D eigenvalue weighted by molar-refractivity contribution is 5.76. The molecule has 1 aliphatic carbocycles. The molecule has 0 N–H and O–H groups in total. The van der Waals surface area contributed by atoms with E-state index in [-0.39, 0.29) is 0 Å². The molecule has 1 aliphatic rings. The molecule has 0 saturated heterocycles. The highest BCUT2D eigenvalue weighted by Gasteiger charge is 2.24. The molecular formula is C16H31NO2. The summed E-state index contributed by atoms with van der Waals surface area (Å²) < 4.78 is 5.12. The Kier molecular flexibility index (Phi) is 8.11. The van der Waals surface area contributed by atoms with Gasteiger partial charge in [0.25, 0.3) is 0 Å². The van der Waals surface area contributed by atoms with Gasteiger partial charge in [-0.3, -0.25) is 4.79 Å². The molecule has 0 unspecified atom stereocenters. The maximum absolute atomic E-state index is 12.4. The second kappa shape index (κ2) is 9.35. The summed E-state index contributed by atoms with van der Waals surface area (Å²) in [6.45, 7) is 5.99. The van der Waals surface area contributed by atoms with Crippen LogP contribution in [0.1, 0.15) is 65.2 Å². The second-order valence-corrected chi connectivity index (χ2v) is 6.16. The summed E-state index contributed by atoms with van der Waals surface area (Å²) in [6.07, 6.45) is 8.96. The van der Waals surface area contributed by atoms with E-state index in [0.717, 1.165) is 26.0 Å². The predicted molar refractivity (Wildman–Crippen MR) is 79.2 cm³/mol. The van der Waals surface area contributed by atoms with Gasteiger partial charge >= 0.3 is 0 Å². The third-order valence-corrected chi connectivity index (χ3v) is 4.02. The average molecular weight is 269 g/mol. The number of methoxy groups -OCH3 is 1. The van der Waals surface area contributed by atoms with Gasteiger partial charge in [-0.25, -0.2) is 0 Å². The van der Waals surface area contributed by atoms with Crippen molar-refractivity contribution < 1.29 is 9.53 Å². The van der Waals surface area contributed by atoms with Crippen LogP contribution in [0.25, 0.3) is 0 Å². The molecule has 3 nitrogen and oxygen atoms in total. The van der Waals surface area contributed by atoms with Gasteiger partial charge in [-0.1, -0.05) is 33.1 Å². The molecule has 0 aromatic carbocycles. The molecule has 0 aliphatic heterocycles. The summed E-state index contributed by atoms with van der Waals surface area (Å²) in [7, 11) is 1.73. The van der Waals surface area contributed by atoms with Crippen molar-refractivity contribution in [3.63, 3.8) is 0 Å². The number of hydrogen-bond acceptors (Lipinski definition) is 2. The van der Waals surface area contributed by atoms with Gasteiger partial charge in [-0.2, -0.15) is 0 Å². The van der Waals surface area contributed by atoms with Crippen molar-refractivity contribution >= 4 is 5.91 Å². The zero-order valence-corrected chi connectivity index (χ0v) is 13.0. The van der Waals surface area contributed by atoms with Gasteiger partial charge in [0.1, 0.15) is 0 Å². The zero-order valence-electron chi connectivity index (χ0n) is 13.0. The second-order valence-electron chi connectivity index (χ2n) is 6.16. The van der Waals surface area contributed by atoms with Crippen LogP contribution in [-0.4, -0.2) is 37.1 Å². The van der Waals surface area contributed by atoms with E-state index in [1.165, 1.54) is 32.1 Å². The van der Waals surface area contributed by atoms with Gasteiger partial charge in [-0.05, 0) is 31.6 Å². The molecule has 0 atom stereocenters. The molecule has 0 radical (unpaired) electrons. The molecule has 0 aromatic rings. The van der Waals surface area contributed by atoms with E-state index < -0.39 is 0 Å². The number of hydrogen-bond donors (Lipinski definition) is 0. The van der Waals surface area contributed by atoms with Crippen LogP contribution in [0.3, 0.4) is 0 Å². The van der Waals surface area contributed by atoms with Crippen LogP contribution >= 0.6 is 0 Å². The molecule has 1 amide bonds. The first kappa shape index (κ1) is 16.5. The molecule has 1 rings (SSSR count). The van der Waals surface area contributed by atoms with Gasteiger partial charge in [0, 0.05) is 32.7 Å². The van der Waals surface area contributed by atoms with Gasteiger partial charge in [-0.15, -0.1) is 0 Å². The lowest BCUT2D eigenvalue weighted by Crippen LogP contribution is -2.42. The molecule has 0 spiro atoms. The number of carbonyl (C=O) groups is 1. The van der Waals surface area contributed by atoms with Crippen LogP contribution in [0.4, 0.5) is 0 Å². The largest absolute Gasteiger partial charge is 0.385 e. The minimum Gasteiger partial charge on any atom is -0.385 e. The van der Waals surface area contributed by atoms with E-state index >= 15 is 0 Å². The van der Waals surface area contributed by atoms with E-state index in [4.69, 9.17) is 4.74 Å². The number of carbonyl (C=O) groups excluding carboxylic acids is 1. The Hall–Kier alpha value is -0.570. The highest BCUT2D eigenvalue weighted by Crippen LogP contribution is 2.24. The SMILES string of the molecule is COCCCN(C(=O)CCC(C)C)C1CCCCC1. The van der Waals surface area contributed by atoms with Crippen molar-refractivity contribution in [3.8, 4) is 0 Å². The van der Waals surface area contributed by atoms with Gasteiger partial charge in [0.15, 0.2) is 0 Å². The molecule has 19 heavy (non-hydrogen) atoms. The molecule has 1 saturated carbocycles. The highest BCUT2D eigenvalue weighted by atomic mass is 16.5. The molecule has 3 heteroatoms. The third-order valence-electron chi connectivity index (χ3n) is 4.02. The Morgan fingerprint density at radius 3 is 2.53 bits per heavy atom. The van der Waals surface area contributed by atoms with Crippen LogP contribution in [0.5, 0.6) is 0 Å². The van der Waals surface area contributed by atoms with E-state index in [9.17, 15) is 4.79 Å². The first-order valence-electron chi connectivity index (χ1n) is 7.93. The normalized spacial score (nSPS) is 16.8. The van der Waals surface area contributed by atoms with Crippen LogP contribution in [0.15, 0.2) is 0 Å². The minimum absolute atomic E-state index is 0.358. The smallest absolute Gasteiger partial charge is 0.222 e. The van der Waals surface area contributed by atoms with Gasteiger partial charge in [0.2, 0.25) is 5.91 Å². The first-order chi connectivity index (χ1) is 9.15. The fourth-order valence-corrected chi connectivity index (χ4v) is 2.84. The van der Waals surface area contributed by atoms with Gasteiger partial charge < -0.3 is 9.64 Å².